The Labute approximate surface area is 120 Å². The second-order valence-electron chi connectivity index (χ2n) is 4.15. The van der Waals surface area contributed by atoms with Crippen molar-refractivity contribution in [3.05, 3.63) is 18.5 Å². The maximum atomic E-state index is 5.36. The van der Waals surface area contributed by atoms with Gasteiger partial charge in [0.2, 0.25) is 0 Å². The lowest BCUT2D eigenvalue weighted by Crippen LogP contribution is -2.39. The highest BCUT2D eigenvalue weighted by Gasteiger charge is 1.97. The molecular formula is C13H25N5O2. The molecule has 7 nitrogen and oxygen atoms in total. The zero-order valence-corrected chi connectivity index (χ0v) is 12.3. The molecule has 0 saturated heterocycles. The largest absolute Gasteiger partial charge is 0.382 e. The summed E-state index contributed by atoms with van der Waals surface area (Å²) >= 11 is 0. The lowest BCUT2D eigenvalue weighted by atomic mass is 10.4. The average Bonchev–Trinajstić information content (AvgIpc) is 2.98. The van der Waals surface area contributed by atoms with E-state index in [-0.39, 0.29) is 0 Å². The molecule has 0 spiro atoms. The first kappa shape index (κ1) is 16.5. The monoisotopic (exact) mass is 283 g/mol. The van der Waals surface area contributed by atoms with Crippen LogP contribution in [0.15, 0.2) is 23.5 Å². The molecule has 0 radical (unpaired) electrons. The Bertz CT molecular complexity index is 354. The molecule has 0 fully saturated rings. The van der Waals surface area contributed by atoms with Crippen LogP contribution in [0.25, 0.3) is 0 Å². The summed E-state index contributed by atoms with van der Waals surface area (Å²) < 4.78 is 12.2. The van der Waals surface area contributed by atoms with E-state index in [0.717, 1.165) is 32.0 Å². The van der Waals surface area contributed by atoms with Crippen LogP contribution in [-0.4, -0.2) is 62.8 Å². The molecule has 20 heavy (non-hydrogen) atoms. The van der Waals surface area contributed by atoms with Crippen LogP contribution in [0.5, 0.6) is 0 Å². The van der Waals surface area contributed by atoms with Gasteiger partial charge in [0.25, 0.3) is 0 Å². The second-order valence-corrected chi connectivity index (χ2v) is 4.15. The number of aromatic nitrogens is 2. The Morgan fingerprint density at radius 2 is 2.10 bits per heavy atom. The predicted molar refractivity (Wildman–Crippen MR) is 78.9 cm³/mol. The first-order valence-corrected chi connectivity index (χ1v) is 6.85. The van der Waals surface area contributed by atoms with Crippen molar-refractivity contribution in [3.8, 4) is 0 Å². The van der Waals surface area contributed by atoms with Crippen molar-refractivity contribution in [2.75, 3.05) is 47.1 Å². The molecule has 114 valence electrons. The van der Waals surface area contributed by atoms with Crippen molar-refractivity contribution >= 4 is 5.96 Å². The molecule has 0 aliphatic heterocycles. The fourth-order valence-electron chi connectivity index (χ4n) is 1.59. The molecule has 1 aromatic rings. The molecule has 2 N–H and O–H groups in total. The fourth-order valence-corrected chi connectivity index (χ4v) is 1.59. The number of nitrogens with zero attached hydrogens (tertiary/aromatic N) is 3. The second kappa shape index (κ2) is 11.2. The van der Waals surface area contributed by atoms with E-state index >= 15 is 0 Å². The molecule has 0 amide bonds. The smallest absolute Gasteiger partial charge is 0.191 e. The molecule has 1 rings (SSSR count). The van der Waals surface area contributed by atoms with Crippen LogP contribution in [0.3, 0.4) is 0 Å². The van der Waals surface area contributed by atoms with Crippen LogP contribution >= 0.6 is 0 Å². The van der Waals surface area contributed by atoms with Gasteiger partial charge in [-0.25, -0.2) is 0 Å². The number of hydrogen-bond acceptors (Lipinski definition) is 4. The van der Waals surface area contributed by atoms with Crippen LogP contribution in [0, 0.1) is 0 Å². The summed E-state index contributed by atoms with van der Waals surface area (Å²) in [7, 11) is 3.42. The number of aliphatic imine (C=N–C) groups is 1. The molecule has 0 aliphatic carbocycles. The van der Waals surface area contributed by atoms with Crippen molar-refractivity contribution in [2.24, 2.45) is 4.99 Å². The van der Waals surface area contributed by atoms with E-state index in [4.69, 9.17) is 9.47 Å². The summed E-state index contributed by atoms with van der Waals surface area (Å²) in [5.41, 5.74) is 0. The molecule has 0 bridgehead atoms. The van der Waals surface area contributed by atoms with Gasteiger partial charge in [0, 0.05) is 46.2 Å². The minimum atomic E-state index is 0.619. The molecular weight excluding hydrogens is 258 g/mol. The van der Waals surface area contributed by atoms with Crippen LogP contribution in [0.2, 0.25) is 0 Å². The SMILES string of the molecule is CN=C(NCCCn1cccn1)NCCOCCOC. The minimum Gasteiger partial charge on any atom is -0.382 e. The van der Waals surface area contributed by atoms with E-state index in [1.807, 2.05) is 16.9 Å². The normalized spacial score (nSPS) is 11.6. The van der Waals surface area contributed by atoms with Gasteiger partial charge in [-0.1, -0.05) is 0 Å². The molecule has 1 heterocycles. The first-order valence-electron chi connectivity index (χ1n) is 6.85. The van der Waals surface area contributed by atoms with Gasteiger partial charge in [-0.3, -0.25) is 9.67 Å². The third kappa shape index (κ3) is 7.75. The molecule has 0 unspecified atom stereocenters. The van der Waals surface area contributed by atoms with E-state index in [2.05, 4.69) is 20.7 Å². The molecule has 0 aliphatic rings. The van der Waals surface area contributed by atoms with Crippen molar-refractivity contribution in [1.29, 1.82) is 0 Å². The van der Waals surface area contributed by atoms with Gasteiger partial charge >= 0.3 is 0 Å². The third-order valence-corrected chi connectivity index (χ3v) is 2.61. The van der Waals surface area contributed by atoms with Crippen LogP contribution in [0.4, 0.5) is 0 Å². The highest BCUT2D eigenvalue weighted by Crippen LogP contribution is 1.87. The number of hydrogen-bond donors (Lipinski definition) is 2. The van der Waals surface area contributed by atoms with Crippen LogP contribution in [0.1, 0.15) is 6.42 Å². The standard InChI is InChI=1S/C13H25N5O2/c1-14-13(16-7-10-20-12-11-19-2)15-5-3-8-18-9-4-6-17-18/h4,6,9H,3,5,7-8,10-12H2,1-2H3,(H2,14,15,16). The number of rotatable bonds is 10. The number of aryl methyl sites for hydroxylation is 1. The number of ether oxygens (including phenoxy) is 2. The Hall–Kier alpha value is -1.60. The zero-order chi connectivity index (χ0) is 14.5. The quantitative estimate of drug-likeness (QED) is 0.362. The Kier molecular flexibility index (Phi) is 9.25. The van der Waals surface area contributed by atoms with Crippen molar-refractivity contribution in [1.82, 2.24) is 20.4 Å². The predicted octanol–water partition coefficient (Wildman–Crippen LogP) is 0.101. The summed E-state index contributed by atoms with van der Waals surface area (Å²) in [6, 6.07) is 1.93. The van der Waals surface area contributed by atoms with Crippen molar-refractivity contribution in [3.63, 3.8) is 0 Å². The van der Waals surface area contributed by atoms with Gasteiger partial charge in [-0.15, -0.1) is 0 Å². The number of guanidine groups is 1. The van der Waals surface area contributed by atoms with Crippen molar-refractivity contribution in [2.45, 2.75) is 13.0 Å². The van der Waals surface area contributed by atoms with Crippen LogP contribution < -0.4 is 10.6 Å². The van der Waals surface area contributed by atoms with Gasteiger partial charge < -0.3 is 20.1 Å². The molecule has 7 heteroatoms. The van der Waals surface area contributed by atoms with Crippen LogP contribution in [-0.2, 0) is 16.0 Å². The Balaban J connectivity index is 1.99. The van der Waals surface area contributed by atoms with Gasteiger partial charge in [-0.05, 0) is 12.5 Å². The van der Waals surface area contributed by atoms with Gasteiger partial charge in [0.05, 0.1) is 19.8 Å². The van der Waals surface area contributed by atoms with E-state index in [1.165, 1.54) is 0 Å². The summed E-state index contributed by atoms with van der Waals surface area (Å²) in [4.78, 5) is 4.15. The summed E-state index contributed by atoms with van der Waals surface area (Å²) in [5.74, 6) is 0.792. The highest BCUT2D eigenvalue weighted by atomic mass is 16.5. The maximum Gasteiger partial charge on any atom is 0.191 e. The van der Waals surface area contributed by atoms with E-state index in [1.54, 1.807) is 20.4 Å². The molecule has 0 saturated carbocycles. The first-order chi connectivity index (χ1) is 9.86. The van der Waals surface area contributed by atoms with E-state index in [0.29, 0.717) is 19.8 Å². The third-order valence-electron chi connectivity index (χ3n) is 2.61. The number of methoxy groups -OCH3 is 1. The number of nitrogens with one attached hydrogen (secondary N) is 2. The van der Waals surface area contributed by atoms with Crippen molar-refractivity contribution < 1.29 is 9.47 Å². The van der Waals surface area contributed by atoms with Gasteiger partial charge in [0.15, 0.2) is 5.96 Å². The zero-order valence-electron chi connectivity index (χ0n) is 12.3. The summed E-state index contributed by atoms with van der Waals surface area (Å²) in [5, 5.41) is 10.6. The van der Waals surface area contributed by atoms with Gasteiger partial charge in [-0.2, -0.15) is 5.10 Å². The Morgan fingerprint density at radius 3 is 2.80 bits per heavy atom. The average molecular weight is 283 g/mol. The highest BCUT2D eigenvalue weighted by molar-refractivity contribution is 5.79. The summed E-state index contributed by atoms with van der Waals surface area (Å²) in [6.45, 7) is 4.36. The topological polar surface area (TPSA) is 72.7 Å². The maximum absolute atomic E-state index is 5.36. The van der Waals surface area contributed by atoms with Gasteiger partial charge in [0.1, 0.15) is 0 Å². The summed E-state index contributed by atoms with van der Waals surface area (Å²) in [6.07, 6.45) is 4.74. The lowest BCUT2D eigenvalue weighted by molar-refractivity contribution is 0.0733. The fraction of sp³-hybridized carbons (Fsp3) is 0.692. The van der Waals surface area contributed by atoms with E-state index in [9.17, 15) is 0 Å². The lowest BCUT2D eigenvalue weighted by Gasteiger charge is -2.12. The van der Waals surface area contributed by atoms with E-state index < -0.39 is 0 Å². The Morgan fingerprint density at radius 1 is 1.25 bits per heavy atom. The minimum absolute atomic E-state index is 0.619. The molecule has 1 aromatic heterocycles. The molecule has 0 atom stereocenters. The molecule has 0 aromatic carbocycles.